The predicted octanol–water partition coefficient (Wildman–Crippen LogP) is 1.14. The number of ether oxygens (including phenoxy) is 3. The first kappa shape index (κ1) is 25.1. The van der Waals surface area contributed by atoms with E-state index in [9.17, 15) is 15.0 Å². The van der Waals surface area contributed by atoms with Crippen molar-refractivity contribution in [3.05, 3.63) is 48.5 Å². The normalized spacial score (nSPS) is 24.7. The summed E-state index contributed by atoms with van der Waals surface area (Å²) in [7, 11) is 3.08. The van der Waals surface area contributed by atoms with Gasteiger partial charge in [-0.2, -0.15) is 0 Å². The van der Waals surface area contributed by atoms with E-state index in [1.165, 1.54) is 5.69 Å². The van der Waals surface area contributed by atoms with Crippen molar-refractivity contribution in [2.75, 3.05) is 63.8 Å². The molecule has 35 heavy (non-hydrogen) atoms. The fourth-order valence-corrected chi connectivity index (χ4v) is 4.76. The van der Waals surface area contributed by atoms with Crippen molar-refractivity contribution in [3.8, 4) is 11.5 Å². The van der Waals surface area contributed by atoms with E-state index in [1.54, 1.807) is 32.4 Å². The van der Waals surface area contributed by atoms with Gasteiger partial charge in [-0.05, 0) is 12.1 Å². The third kappa shape index (κ3) is 5.96. The average molecular weight is 487 g/mol. The third-order valence-electron chi connectivity index (χ3n) is 6.57. The van der Waals surface area contributed by atoms with Crippen LogP contribution in [0.15, 0.2) is 48.5 Å². The van der Waals surface area contributed by atoms with Crippen LogP contribution >= 0.6 is 0 Å². The molecule has 0 aromatic heterocycles. The van der Waals surface area contributed by atoms with Crippen LogP contribution in [0.4, 0.5) is 16.2 Å². The number of aliphatic hydroxyl groups excluding tert-OH is 2. The van der Waals surface area contributed by atoms with Gasteiger partial charge in [0.15, 0.2) is 0 Å². The number of amides is 2. The van der Waals surface area contributed by atoms with Crippen LogP contribution in [0.1, 0.15) is 0 Å². The number of nitrogens with one attached hydrogen (secondary N) is 2. The van der Waals surface area contributed by atoms with Crippen LogP contribution in [0, 0.1) is 0 Å². The molecule has 4 rings (SSSR count). The molecule has 4 atom stereocenters. The van der Waals surface area contributed by atoms with Gasteiger partial charge in [0.25, 0.3) is 0 Å². The SMILES string of the molecule is COc1cc(NC(=O)NC[C@H]2O[C@@H](CO)[C@@H](O)[C@H]2N2CCN(c3ccccc3)CC2)cc(OC)c1. The molecule has 2 aliphatic rings. The summed E-state index contributed by atoms with van der Waals surface area (Å²) in [6, 6.07) is 14.6. The number of urea groups is 1. The lowest BCUT2D eigenvalue weighted by Crippen LogP contribution is -2.57. The first-order valence-corrected chi connectivity index (χ1v) is 11.8. The Morgan fingerprint density at radius 1 is 1.03 bits per heavy atom. The average Bonchev–Trinajstić information content (AvgIpc) is 3.22. The van der Waals surface area contributed by atoms with E-state index in [2.05, 4.69) is 32.6 Å². The number of para-hydroxylation sites is 1. The van der Waals surface area contributed by atoms with Gasteiger partial charge in [0.2, 0.25) is 0 Å². The predicted molar refractivity (Wildman–Crippen MR) is 132 cm³/mol. The molecule has 2 aromatic rings. The summed E-state index contributed by atoms with van der Waals surface area (Å²) in [5.74, 6) is 1.12. The topological polar surface area (TPSA) is 116 Å². The number of rotatable bonds is 8. The Kier molecular flexibility index (Phi) is 8.29. The highest BCUT2D eigenvalue weighted by atomic mass is 16.5. The summed E-state index contributed by atoms with van der Waals surface area (Å²) >= 11 is 0. The van der Waals surface area contributed by atoms with Gasteiger partial charge in [-0.3, -0.25) is 4.90 Å². The van der Waals surface area contributed by atoms with Crippen LogP contribution in [0.25, 0.3) is 0 Å². The first-order chi connectivity index (χ1) is 17.0. The number of carbonyl (C=O) groups is 1. The smallest absolute Gasteiger partial charge is 0.319 e. The van der Waals surface area contributed by atoms with Gasteiger partial charge in [-0.15, -0.1) is 0 Å². The molecule has 10 heteroatoms. The minimum absolute atomic E-state index is 0.185. The molecule has 2 saturated heterocycles. The molecular formula is C25H34N4O6. The second kappa shape index (κ2) is 11.6. The number of benzene rings is 2. The molecular weight excluding hydrogens is 452 g/mol. The number of aliphatic hydroxyl groups is 2. The second-order valence-electron chi connectivity index (χ2n) is 8.67. The number of methoxy groups -OCH3 is 2. The maximum atomic E-state index is 12.6. The Labute approximate surface area is 205 Å². The number of nitrogens with zero attached hydrogens (tertiary/aromatic N) is 2. The molecule has 190 valence electrons. The standard InChI is InChI=1S/C25H34N4O6/c1-33-19-12-17(13-20(14-19)34-2)27-25(32)26-15-21-23(24(31)22(16-30)35-21)29-10-8-28(9-11-29)18-6-4-3-5-7-18/h3-7,12-14,21-24,30-31H,8-11,15-16H2,1-2H3,(H2,26,27,32)/t21-,22+,23+,24-/m1/s1. The summed E-state index contributed by atoms with van der Waals surface area (Å²) in [6.45, 7) is 3.01. The first-order valence-electron chi connectivity index (χ1n) is 11.8. The Morgan fingerprint density at radius 3 is 2.29 bits per heavy atom. The van der Waals surface area contributed by atoms with Crippen LogP contribution < -0.4 is 25.0 Å². The monoisotopic (exact) mass is 486 g/mol. The van der Waals surface area contributed by atoms with Crippen molar-refractivity contribution < 1.29 is 29.2 Å². The van der Waals surface area contributed by atoms with Crippen molar-refractivity contribution >= 4 is 17.4 Å². The molecule has 2 heterocycles. The van der Waals surface area contributed by atoms with Crippen LogP contribution in [0.5, 0.6) is 11.5 Å². The molecule has 0 saturated carbocycles. The summed E-state index contributed by atoms with van der Waals surface area (Å²) < 4.78 is 16.4. The molecule has 2 amide bonds. The fourth-order valence-electron chi connectivity index (χ4n) is 4.76. The molecule has 0 aliphatic carbocycles. The van der Waals surface area contributed by atoms with Gasteiger partial charge in [0.05, 0.1) is 33.0 Å². The van der Waals surface area contributed by atoms with Crippen LogP contribution in [0.2, 0.25) is 0 Å². The number of hydrogen-bond donors (Lipinski definition) is 4. The van der Waals surface area contributed by atoms with Crippen molar-refractivity contribution in [1.82, 2.24) is 10.2 Å². The van der Waals surface area contributed by atoms with E-state index >= 15 is 0 Å². The van der Waals surface area contributed by atoms with Crippen molar-refractivity contribution in [3.63, 3.8) is 0 Å². The van der Waals surface area contributed by atoms with Gasteiger partial charge in [-0.1, -0.05) is 18.2 Å². The Hall–Kier alpha value is -3.05. The highest BCUT2D eigenvalue weighted by Crippen LogP contribution is 2.28. The van der Waals surface area contributed by atoms with Crippen molar-refractivity contribution in [2.45, 2.75) is 24.4 Å². The summed E-state index contributed by atoms with van der Waals surface area (Å²) in [4.78, 5) is 17.1. The maximum Gasteiger partial charge on any atom is 0.319 e. The largest absolute Gasteiger partial charge is 0.497 e. The van der Waals surface area contributed by atoms with Crippen molar-refractivity contribution in [2.24, 2.45) is 0 Å². The zero-order valence-corrected chi connectivity index (χ0v) is 20.1. The zero-order valence-electron chi connectivity index (χ0n) is 20.1. The van der Waals surface area contributed by atoms with Crippen molar-refractivity contribution in [1.29, 1.82) is 0 Å². The summed E-state index contributed by atoms with van der Waals surface area (Å²) in [6.07, 6.45) is -2.00. The number of hydrogen-bond acceptors (Lipinski definition) is 8. The van der Waals surface area contributed by atoms with E-state index in [0.717, 1.165) is 26.2 Å². The molecule has 0 spiro atoms. The van der Waals surface area contributed by atoms with Gasteiger partial charge >= 0.3 is 6.03 Å². The highest BCUT2D eigenvalue weighted by molar-refractivity contribution is 5.89. The van der Waals surface area contributed by atoms with Crippen LogP contribution in [0.3, 0.4) is 0 Å². The Morgan fingerprint density at radius 2 is 1.69 bits per heavy atom. The number of piperazine rings is 1. The molecule has 2 fully saturated rings. The van der Waals surface area contributed by atoms with E-state index in [0.29, 0.717) is 17.2 Å². The quantitative estimate of drug-likeness (QED) is 0.439. The van der Waals surface area contributed by atoms with Crippen LogP contribution in [-0.2, 0) is 4.74 Å². The minimum Gasteiger partial charge on any atom is -0.497 e. The molecule has 2 aromatic carbocycles. The Bertz CT molecular complexity index is 947. The lowest BCUT2D eigenvalue weighted by Gasteiger charge is -2.41. The van der Waals surface area contributed by atoms with E-state index < -0.39 is 24.3 Å². The second-order valence-corrected chi connectivity index (χ2v) is 8.67. The minimum atomic E-state index is -0.846. The summed E-state index contributed by atoms with van der Waals surface area (Å²) in [5.41, 5.74) is 1.69. The highest BCUT2D eigenvalue weighted by Gasteiger charge is 2.46. The van der Waals surface area contributed by atoms with Gasteiger partial charge in [-0.25, -0.2) is 4.79 Å². The van der Waals surface area contributed by atoms with Gasteiger partial charge < -0.3 is 40.0 Å². The summed E-state index contributed by atoms with van der Waals surface area (Å²) in [5, 5.41) is 26.2. The molecule has 0 radical (unpaired) electrons. The zero-order chi connectivity index (χ0) is 24.8. The van der Waals surface area contributed by atoms with E-state index in [4.69, 9.17) is 14.2 Å². The third-order valence-corrected chi connectivity index (χ3v) is 6.57. The van der Waals surface area contributed by atoms with E-state index in [1.807, 2.05) is 18.2 Å². The molecule has 10 nitrogen and oxygen atoms in total. The molecule has 0 unspecified atom stereocenters. The lowest BCUT2D eigenvalue weighted by atomic mass is 10.0. The fraction of sp³-hybridized carbons (Fsp3) is 0.480. The molecule has 4 N–H and O–H groups in total. The maximum absolute atomic E-state index is 12.6. The number of anilines is 2. The molecule has 2 aliphatic heterocycles. The molecule has 0 bridgehead atoms. The lowest BCUT2D eigenvalue weighted by molar-refractivity contribution is -0.0205. The van der Waals surface area contributed by atoms with Gasteiger partial charge in [0, 0.05) is 62.3 Å². The Balaban J connectivity index is 1.36. The number of carbonyl (C=O) groups excluding carboxylic acids is 1. The van der Waals surface area contributed by atoms with E-state index in [-0.39, 0.29) is 19.2 Å². The van der Waals surface area contributed by atoms with Gasteiger partial charge in [0.1, 0.15) is 23.7 Å². The van der Waals surface area contributed by atoms with Crippen LogP contribution in [-0.4, -0.2) is 99.0 Å².